The van der Waals surface area contributed by atoms with E-state index in [2.05, 4.69) is 27.8 Å². The highest BCUT2D eigenvalue weighted by Crippen LogP contribution is 2.14. The molecule has 0 fully saturated rings. The molecule has 2 rings (SSSR count). The van der Waals surface area contributed by atoms with Crippen LogP contribution in [0.15, 0.2) is 24.3 Å². The smallest absolute Gasteiger partial charge is 0.269 e. The molecule has 2 aromatic rings. The normalized spacial score (nSPS) is 12.3. The Labute approximate surface area is 122 Å². The van der Waals surface area contributed by atoms with Crippen LogP contribution in [0.2, 0.25) is 0 Å². The highest BCUT2D eigenvalue weighted by molar-refractivity contribution is 5.32. The van der Waals surface area contributed by atoms with Gasteiger partial charge in [-0.05, 0) is 35.9 Å². The average Bonchev–Trinajstić information content (AvgIpc) is 2.93. The van der Waals surface area contributed by atoms with Gasteiger partial charge in [-0.25, -0.2) is 4.68 Å². The van der Waals surface area contributed by atoms with Crippen LogP contribution in [-0.2, 0) is 6.54 Å². The first-order valence-electron chi connectivity index (χ1n) is 6.84. The standard InChI is InChI=1S/C13H18N6O2/c1-3-8-14-10(2)13-15-16-17-18(13)9-11-4-6-12(7-5-11)19(20)21/h4-7,10,14H,3,8-9H2,1-2H3. The Balaban J connectivity index is 2.09. The molecule has 1 atom stereocenters. The van der Waals surface area contributed by atoms with Gasteiger partial charge in [-0.15, -0.1) is 5.10 Å². The van der Waals surface area contributed by atoms with E-state index in [0.29, 0.717) is 6.54 Å². The highest BCUT2D eigenvalue weighted by Gasteiger charge is 2.14. The van der Waals surface area contributed by atoms with Crippen molar-refractivity contribution in [2.45, 2.75) is 32.9 Å². The van der Waals surface area contributed by atoms with Crippen molar-refractivity contribution in [3.8, 4) is 0 Å². The molecule has 21 heavy (non-hydrogen) atoms. The van der Waals surface area contributed by atoms with Gasteiger partial charge in [-0.2, -0.15) is 0 Å². The lowest BCUT2D eigenvalue weighted by atomic mass is 10.2. The van der Waals surface area contributed by atoms with Crippen LogP contribution in [0, 0.1) is 10.1 Å². The molecular formula is C13H18N6O2. The van der Waals surface area contributed by atoms with E-state index in [4.69, 9.17) is 0 Å². The molecule has 0 radical (unpaired) electrons. The lowest BCUT2D eigenvalue weighted by Crippen LogP contribution is -2.23. The first-order valence-corrected chi connectivity index (χ1v) is 6.84. The lowest BCUT2D eigenvalue weighted by molar-refractivity contribution is -0.384. The number of tetrazole rings is 1. The minimum atomic E-state index is -0.414. The first-order chi connectivity index (χ1) is 10.1. The van der Waals surface area contributed by atoms with E-state index in [-0.39, 0.29) is 11.7 Å². The number of nitrogens with one attached hydrogen (secondary N) is 1. The maximum Gasteiger partial charge on any atom is 0.269 e. The van der Waals surface area contributed by atoms with Gasteiger partial charge < -0.3 is 5.32 Å². The number of nitro benzene ring substituents is 1. The summed E-state index contributed by atoms with van der Waals surface area (Å²) in [7, 11) is 0. The molecule has 0 aliphatic carbocycles. The summed E-state index contributed by atoms with van der Waals surface area (Å²) in [5.41, 5.74) is 0.991. The van der Waals surface area contributed by atoms with E-state index >= 15 is 0 Å². The van der Waals surface area contributed by atoms with Crippen molar-refractivity contribution in [3.05, 3.63) is 45.8 Å². The number of hydrogen-bond donors (Lipinski definition) is 1. The first kappa shape index (κ1) is 15.0. The number of nitrogens with zero attached hydrogens (tertiary/aromatic N) is 5. The molecule has 0 spiro atoms. The molecule has 0 amide bonds. The summed E-state index contributed by atoms with van der Waals surface area (Å²) in [5, 5.41) is 25.7. The second-order valence-electron chi connectivity index (χ2n) is 4.79. The van der Waals surface area contributed by atoms with Gasteiger partial charge in [-0.3, -0.25) is 10.1 Å². The minimum absolute atomic E-state index is 0.0537. The van der Waals surface area contributed by atoms with E-state index in [9.17, 15) is 10.1 Å². The van der Waals surface area contributed by atoms with Gasteiger partial charge in [0.2, 0.25) is 0 Å². The summed E-state index contributed by atoms with van der Waals surface area (Å²) in [5.74, 6) is 0.752. The number of nitro groups is 1. The average molecular weight is 290 g/mol. The van der Waals surface area contributed by atoms with Crippen LogP contribution < -0.4 is 5.32 Å². The van der Waals surface area contributed by atoms with Crippen LogP contribution in [-0.4, -0.2) is 31.7 Å². The number of benzene rings is 1. The third-order valence-electron chi connectivity index (χ3n) is 3.13. The van der Waals surface area contributed by atoms with E-state index < -0.39 is 4.92 Å². The molecule has 8 nitrogen and oxygen atoms in total. The van der Waals surface area contributed by atoms with Crippen LogP contribution in [0.4, 0.5) is 5.69 Å². The number of non-ortho nitro benzene ring substituents is 1. The van der Waals surface area contributed by atoms with Gasteiger partial charge >= 0.3 is 0 Å². The van der Waals surface area contributed by atoms with Crippen molar-refractivity contribution < 1.29 is 4.92 Å². The maximum atomic E-state index is 10.6. The van der Waals surface area contributed by atoms with Crippen molar-refractivity contribution in [1.82, 2.24) is 25.5 Å². The van der Waals surface area contributed by atoms with Crippen molar-refractivity contribution in [3.63, 3.8) is 0 Å². The van der Waals surface area contributed by atoms with Crippen LogP contribution >= 0.6 is 0 Å². The zero-order chi connectivity index (χ0) is 15.2. The van der Waals surface area contributed by atoms with Crippen molar-refractivity contribution >= 4 is 5.69 Å². The lowest BCUT2D eigenvalue weighted by Gasteiger charge is -2.12. The Morgan fingerprint density at radius 1 is 1.38 bits per heavy atom. The fourth-order valence-electron chi connectivity index (χ4n) is 1.98. The third kappa shape index (κ3) is 3.82. The monoisotopic (exact) mass is 290 g/mol. The van der Waals surface area contributed by atoms with Crippen LogP contribution in [0.5, 0.6) is 0 Å². The zero-order valence-corrected chi connectivity index (χ0v) is 12.1. The predicted octanol–water partition coefficient (Wildman–Crippen LogP) is 1.69. The van der Waals surface area contributed by atoms with E-state index in [0.717, 1.165) is 24.4 Å². The molecular weight excluding hydrogens is 272 g/mol. The second-order valence-corrected chi connectivity index (χ2v) is 4.79. The number of rotatable bonds is 7. The Morgan fingerprint density at radius 2 is 2.10 bits per heavy atom. The highest BCUT2D eigenvalue weighted by atomic mass is 16.6. The van der Waals surface area contributed by atoms with Crippen molar-refractivity contribution in [1.29, 1.82) is 0 Å². The molecule has 0 saturated carbocycles. The van der Waals surface area contributed by atoms with Gasteiger partial charge in [0, 0.05) is 12.1 Å². The summed E-state index contributed by atoms with van der Waals surface area (Å²) < 4.78 is 1.70. The quantitative estimate of drug-likeness (QED) is 0.615. The maximum absolute atomic E-state index is 10.6. The SMILES string of the molecule is CCCNC(C)c1nnnn1Cc1ccc([N+](=O)[O-])cc1. The summed E-state index contributed by atoms with van der Waals surface area (Å²) in [4.78, 5) is 10.2. The molecule has 1 unspecified atom stereocenters. The van der Waals surface area contributed by atoms with E-state index in [1.165, 1.54) is 12.1 Å². The van der Waals surface area contributed by atoms with Crippen molar-refractivity contribution in [2.24, 2.45) is 0 Å². The second kappa shape index (κ2) is 6.89. The summed E-state index contributed by atoms with van der Waals surface area (Å²) >= 11 is 0. The number of hydrogen-bond acceptors (Lipinski definition) is 6. The zero-order valence-electron chi connectivity index (χ0n) is 12.1. The van der Waals surface area contributed by atoms with Crippen LogP contribution in [0.25, 0.3) is 0 Å². The Hall–Kier alpha value is -2.35. The van der Waals surface area contributed by atoms with Gasteiger partial charge in [0.25, 0.3) is 5.69 Å². The fourth-order valence-corrected chi connectivity index (χ4v) is 1.98. The molecule has 0 saturated heterocycles. The molecule has 8 heteroatoms. The summed E-state index contributed by atoms with van der Waals surface area (Å²) in [6, 6.07) is 6.45. The summed E-state index contributed by atoms with van der Waals surface area (Å²) in [6.45, 7) is 5.48. The molecule has 1 N–H and O–H groups in total. The molecule has 1 aromatic carbocycles. The Bertz CT molecular complexity index is 595. The van der Waals surface area contributed by atoms with E-state index in [1.807, 2.05) is 6.92 Å². The summed E-state index contributed by atoms with van der Waals surface area (Å²) in [6.07, 6.45) is 1.04. The molecule has 1 aromatic heterocycles. The topological polar surface area (TPSA) is 98.8 Å². The predicted molar refractivity (Wildman–Crippen MR) is 76.7 cm³/mol. The van der Waals surface area contributed by atoms with Gasteiger partial charge in [-0.1, -0.05) is 19.1 Å². The van der Waals surface area contributed by atoms with E-state index in [1.54, 1.807) is 16.8 Å². The molecule has 0 aliphatic rings. The van der Waals surface area contributed by atoms with Crippen molar-refractivity contribution in [2.75, 3.05) is 6.54 Å². The molecule has 0 bridgehead atoms. The largest absolute Gasteiger partial charge is 0.307 e. The van der Waals surface area contributed by atoms with Gasteiger partial charge in [0.05, 0.1) is 17.5 Å². The Morgan fingerprint density at radius 3 is 2.71 bits per heavy atom. The minimum Gasteiger partial charge on any atom is -0.307 e. The third-order valence-corrected chi connectivity index (χ3v) is 3.13. The Kier molecular flexibility index (Phi) is 4.94. The van der Waals surface area contributed by atoms with Gasteiger partial charge in [0.15, 0.2) is 5.82 Å². The fraction of sp³-hybridized carbons (Fsp3) is 0.462. The molecule has 112 valence electrons. The number of aromatic nitrogens is 4. The molecule has 1 heterocycles. The van der Waals surface area contributed by atoms with Gasteiger partial charge in [0.1, 0.15) is 0 Å². The van der Waals surface area contributed by atoms with Crippen LogP contribution in [0.1, 0.15) is 37.7 Å². The van der Waals surface area contributed by atoms with Crippen LogP contribution in [0.3, 0.4) is 0 Å². The molecule has 0 aliphatic heterocycles.